The normalized spacial score (nSPS) is 12.0. The summed E-state index contributed by atoms with van der Waals surface area (Å²) in [7, 11) is 0. The molecule has 0 fully saturated rings. The van der Waals surface area contributed by atoms with Gasteiger partial charge in [-0.2, -0.15) is 14.9 Å². The lowest BCUT2D eigenvalue weighted by molar-refractivity contribution is -0.398. The minimum absolute atomic E-state index is 0.00726. The largest absolute Gasteiger partial charge is 0.867 e. The van der Waals surface area contributed by atoms with Crippen molar-refractivity contribution < 1.29 is 10.0 Å². The number of nitrogens with zero attached hydrogens (tertiary/aromatic N) is 4. The van der Waals surface area contributed by atoms with E-state index >= 15 is 0 Å². The molecule has 122 valence electrons. The predicted octanol–water partition coefficient (Wildman–Crippen LogP) is 2.76. The summed E-state index contributed by atoms with van der Waals surface area (Å²) in [4.78, 5) is 10.1. The summed E-state index contributed by atoms with van der Waals surface area (Å²) in [5.41, 5.74) is -0.955. The second-order valence-corrected chi connectivity index (χ2v) is 6.58. The van der Waals surface area contributed by atoms with Gasteiger partial charge < -0.3 is 5.11 Å². The maximum absolute atomic E-state index is 12.0. The monoisotopic (exact) mass is 354 g/mol. The summed E-state index contributed by atoms with van der Waals surface area (Å²) >= 11 is 10.9. The number of aromatic amines is 1. The average Bonchev–Trinajstić information content (AvgIpc) is 2.80. The Bertz CT molecular complexity index is 850. The maximum atomic E-state index is 12.0. The van der Waals surface area contributed by atoms with Gasteiger partial charge in [0.05, 0.1) is 11.1 Å². The van der Waals surface area contributed by atoms with Crippen LogP contribution in [0.3, 0.4) is 0 Å². The minimum atomic E-state index is -0.782. The quantitative estimate of drug-likeness (QED) is 0.394. The molecule has 0 bridgehead atoms. The number of aromatic nitrogens is 3. The number of halogens is 1. The zero-order chi connectivity index (χ0) is 17.4. The fourth-order valence-corrected chi connectivity index (χ4v) is 2.24. The highest BCUT2D eigenvalue weighted by Gasteiger charge is 2.21. The highest BCUT2D eigenvalue weighted by molar-refractivity contribution is 7.71. The highest BCUT2D eigenvalue weighted by Crippen LogP contribution is 2.30. The molecule has 8 nitrogen and oxygen atoms in total. The van der Waals surface area contributed by atoms with Crippen LogP contribution < -0.4 is 5.11 Å². The van der Waals surface area contributed by atoms with Crippen molar-refractivity contribution in [3.8, 4) is 5.75 Å². The molecule has 23 heavy (non-hydrogen) atoms. The van der Waals surface area contributed by atoms with E-state index in [1.54, 1.807) is 0 Å². The predicted molar refractivity (Wildman–Crippen MR) is 86.7 cm³/mol. The summed E-state index contributed by atoms with van der Waals surface area (Å²) in [6.45, 7) is 5.77. The molecule has 10 heteroatoms. The summed E-state index contributed by atoms with van der Waals surface area (Å²) < 4.78 is 1.61. The van der Waals surface area contributed by atoms with Crippen LogP contribution in [0.15, 0.2) is 17.2 Å². The summed E-state index contributed by atoms with van der Waals surface area (Å²) in [6.07, 6.45) is 1.18. The summed E-state index contributed by atoms with van der Waals surface area (Å²) in [5, 5.41) is 33.8. The molecule has 0 atom stereocenters. The van der Waals surface area contributed by atoms with Gasteiger partial charge in [0.2, 0.25) is 4.77 Å². The molecule has 0 saturated heterocycles. The molecule has 1 N–H and O–H groups in total. The molecule has 0 saturated carbocycles. The van der Waals surface area contributed by atoms with Gasteiger partial charge in [-0.1, -0.05) is 32.4 Å². The van der Waals surface area contributed by atoms with Crippen LogP contribution in [-0.4, -0.2) is 26.0 Å². The Morgan fingerprint density at radius 2 is 2.13 bits per heavy atom. The number of H-pyrrole nitrogens is 1. The van der Waals surface area contributed by atoms with Gasteiger partial charge in [-0.3, -0.25) is 15.2 Å². The standard InChI is InChI=1S/C13H14ClN5O3S/c1-13(2,3)11-16-17-12(23)18(11)15-6-7-4-8(14)5-9(10(7)20)19(21)22/h4-6,20H,1-3H3,(H,17,23)/p-1/b15-6-. The van der Waals surface area contributed by atoms with Crippen molar-refractivity contribution in [1.29, 1.82) is 0 Å². The molecule has 2 rings (SSSR count). The number of hydrogen-bond acceptors (Lipinski definition) is 6. The molecular weight excluding hydrogens is 342 g/mol. The third-order valence-corrected chi connectivity index (χ3v) is 3.38. The SMILES string of the molecule is CC(C)(C)c1n[nH]c(=S)n1/N=C\c1cc(Cl)cc([N+](=O)[O-])c1[O-]. The van der Waals surface area contributed by atoms with Crippen LogP contribution in [0.2, 0.25) is 5.02 Å². The van der Waals surface area contributed by atoms with E-state index in [0.717, 1.165) is 6.07 Å². The van der Waals surface area contributed by atoms with E-state index in [1.807, 2.05) is 20.8 Å². The van der Waals surface area contributed by atoms with Crippen LogP contribution >= 0.6 is 23.8 Å². The molecule has 0 radical (unpaired) electrons. The van der Waals surface area contributed by atoms with Gasteiger partial charge in [-0.25, -0.2) is 0 Å². The summed E-state index contributed by atoms with van der Waals surface area (Å²) in [5.74, 6) is -0.210. The number of nitrogens with one attached hydrogen (secondary N) is 1. The number of hydrogen-bond donors (Lipinski definition) is 1. The van der Waals surface area contributed by atoms with Crippen LogP contribution in [0.1, 0.15) is 32.2 Å². The topological polar surface area (TPSA) is 112 Å². The van der Waals surface area contributed by atoms with Gasteiger partial charge in [0, 0.05) is 16.5 Å². The molecule has 0 aliphatic heterocycles. The molecule has 0 aliphatic carbocycles. The van der Waals surface area contributed by atoms with Crippen LogP contribution in [0.25, 0.3) is 0 Å². The van der Waals surface area contributed by atoms with Crippen LogP contribution in [-0.2, 0) is 5.41 Å². The Labute approximate surface area is 141 Å². The molecule has 1 aromatic heterocycles. The first-order chi connectivity index (χ1) is 10.6. The highest BCUT2D eigenvalue weighted by atomic mass is 35.5. The first-order valence-corrected chi connectivity index (χ1v) is 7.27. The molecule has 2 aromatic rings. The van der Waals surface area contributed by atoms with Gasteiger partial charge in [0.15, 0.2) is 5.82 Å². The van der Waals surface area contributed by atoms with Crippen molar-refractivity contribution in [2.45, 2.75) is 26.2 Å². The molecule has 0 spiro atoms. The van der Waals surface area contributed by atoms with Crippen molar-refractivity contribution in [3.63, 3.8) is 0 Å². The molecule has 0 aliphatic rings. The minimum Gasteiger partial charge on any atom is -0.867 e. The van der Waals surface area contributed by atoms with E-state index in [2.05, 4.69) is 15.3 Å². The maximum Gasteiger partial charge on any atom is 0.263 e. The zero-order valence-corrected chi connectivity index (χ0v) is 14.1. The molecule has 0 unspecified atom stereocenters. The number of nitro groups is 1. The molecular formula is C13H13ClN5O3S-. The smallest absolute Gasteiger partial charge is 0.263 e. The fraction of sp³-hybridized carbons (Fsp3) is 0.308. The van der Waals surface area contributed by atoms with Gasteiger partial charge in [0.25, 0.3) is 5.69 Å². The Morgan fingerprint density at radius 3 is 2.70 bits per heavy atom. The van der Waals surface area contributed by atoms with Crippen LogP contribution in [0.4, 0.5) is 5.69 Å². The van der Waals surface area contributed by atoms with E-state index in [0.29, 0.717) is 5.82 Å². The lowest BCUT2D eigenvalue weighted by atomic mass is 9.96. The third-order valence-electron chi connectivity index (χ3n) is 2.89. The lowest BCUT2D eigenvalue weighted by Crippen LogP contribution is -2.17. The van der Waals surface area contributed by atoms with Gasteiger partial charge >= 0.3 is 0 Å². The van der Waals surface area contributed by atoms with Crippen LogP contribution in [0, 0.1) is 14.9 Å². The summed E-state index contributed by atoms with van der Waals surface area (Å²) in [6, 6.07) is 2.31. The second kappa shape index (κ2) is 6.09. The first-order valence-electron chi connectivity index (χ1n) is 6.48. The molecule has 1 aromatic carbocycles. The Morgan fingerprint density at radius 1 is 1.48 bits per heavy atom. The Hall–Kier alpha value is -2.26. The molecule has 1 heterocycles. The Balaban J connectivity index is 2.53. The van der Waals surface area contributed by atoms with E-state index < -0.39 is 16.4 Å². The van der Waals surface area contributed by atoms with E-state index in [4.69, 9.17) is 23.8 Å². The average molecular weight is 355 g/mol. The van der Waals surface area contributed by atoms with Gasteiger partial charge in [0.1, 0.15) is 0 Å². The van der Waals surface area contributed by atoms with E-state index in [9.17, 15) is 15.2 Å². The number of benzene rings is 1. The van der Waals surface area contributed by atoms with Crippen LogP contribution in [0.5, 0.6) is 5.75 Å². The number of rotatable bonds is 3. The van der Waals surface area contributed by atoms with Gasteiger partial charge in [-0.15, -0.1) is 0 Å². The zero-order valence-electron chi connectivity index (χ0n) is 12.5. The third kappa shape index (κ3) is 3.57. The second-order valence-electron chi connectivity index (χ2n) is 5.76. The van der Waals surface area contributed by atoms with Crippen molar-refractivity contribution in [3.05, 3.63) is 43.4 Å². The van der Waals surface area contributed by atoms with Crippen molar-refractivity contribution in [1.82, 2.24) is 14.9 Å². The fourth-order valence-electron chi connectivity index (χ4n) is 1.84. The lowest BCUT2D eigenvalue weighted by Gasteiger charge is -2.16. The molecule has 0 amide bonds. The van der Waals surface area contributed by atoms with E-state index in [-0.39, 0.29) is 20.8 Å². The first kappa shape index (κ1) is 17.1. The number of nitro benzene ring substituents is 1. The Kier molecular flexibility index (Phi) is 4.53. The van der Waals surface area contributed by atoms with Gasteiger partial charge in [-0.05, 0) is 29.6 Å². The van der Waals surface area contributed by atoms with Crippen molar-refractivity contribution in [2.24, 2.45) is 5.10 Å². The van der Waals surface area contributed by atoms with E-state index in [1.165, 1.54) is 17.0 Å². The van der Waals surface area contributed by atoms with Crippen molar-refractivity contribution in [2.75, 3.05) is 0 Å². The van der Waals surface area contributed by atoms with Crippen molar-refractivity contribution >= 4 is 35.7 Å².